The van der Waals surface area contributed by atoms with Crippen LogP contribution in [0.5, 0.6) is 0 Å². The largest absolute Gasteiger partial charge is 0.330 e. The molecule has 0 spiro atoms. The summed E-state index contributed by atoms with van der Waals surface area (Å²) >= 11 is 0. The lowest BCUT2D eigenvalue weighted by molar-refractivity contribution is 0.0869. The second kappa shape index (κ2) is 5.86. The summed E-state index contributed by atoms with van der Waals surface area (Å²) in [5.41, 5.74) is 6.22. The van der Waals surface area contributed by atoms with Crippen molar-refractivity contribution in [1.29, 1.82) is 0 Å². The fourth-order valence-corrected chi connectivity index (χ4v) is 2.54. The maximum absolute atomic E-state index is 5.89. The van der Waals surface area contributed by atoms with Gasteiger partial charge in [0.05, 0.1) is 0 Å². The Balaban J connectivity index is 2.53. The number of piperidine rings is 1. The predicted octanol–water partition coefficient (Wildman–Crippen LogP) is 2.63. The number of hydrogen-bond acceptors (Lipinski definition) is 2. The summed E-state index contributed by atoms with van der Waals surface area (Å²) in [6.07, 6.45) is 6.67. The average molecular weight is 212 g/mol. The Bertz CT molecular complexity index is 175. The minimum Gasteiger partial charge on any atom is -0.330 e. The van der Waals surface area contributed by atoms with Gasteiger partial charge in [0.15, 0.2) is 0 Å². The van der Waals surface area contributed by atoms with Gasteiger partial charge in [-0.1, -0.05) is 27.2 Å². The van der Waals surface area contributed by atoms with Gasteiger partial charge in [0, 0.05) is 12.6 Å². The van der Waals surface area contributed by atoms with E-state index < -0.39 is 0 Å². The van der Waals surface area contributed by atoms with Crippen molar-refractivity contribution in [2.24, 2.45) is 11.1 Å². The highest BCUT2D eigenvalue weighted by molar-refractivity contribution is 4.83. The zero-order valence-corrected chi connectivity index (χ0v) is 10.8. The van der Waals surface area contributed by atoms with Gasteiger partial charge in [0.25, 0.3) is 0 Å². The minimum absolute atomic E-state index is 0.324. The fraction of sp³-hybridized carbons (Fsp3) is 1.00. The Morgan fingerprint density at radius 2 is 2.07 bits per heavy atom. The highest BCUT2D eigenvalue weighted by atomic mass is 15.2. The molecule has 0 aromatic carbocycles. The first kappa shape index (κ1) is 13.0. The van der Waals surface area contributed by atoms with Crippen LogP contribution in [0, 0.1) is 5.41 Å². The van der Waals surface area contributed by atoms with Gasteiger partial charge in [-0.05, 0) is 44.2 Å². The van der Waals surface area contributed by atoms with Crippen molar-refractivity contribution in [1.82, 2.24) is 4.90 Å². The van der Waals surface area contributed by atoms with E-state index in [2.05, 4.69) is 25.7 Å². The van der Waals surface area contributed by atoms with E-state index in [9.17, 15) is 0 Å². The van der Waals surface area contributed by atoms with Gasteiger partial charge in [-0.2, -0.15) is 0 Å². The molecule has 0 amide bonds. The van der Waals surface area contributed by atoms with Gasteiger partial charge < -0.3 is 5.73 Å². The molecule has 1 aliphatic heterocycles. The lowest BCUT2D eigenvalue weighted by atomic mass is 9.85. The zero-order chi connectivity index (χ0) is 11.3. The van der Waals surface area contributed by atoms with Crippen molar-refractivity contribution < 1.29 is 0 Å². The summed E-state index contributed by atoms with van der Waals surface area (Å²) in [7, 11) is 0. The van der Waals surface area contributed by atoms with Crippen LogP contribution in [0.25, 0.3) is 0 Å². The van der Waals surface area contributed by atoms with Crippen molar-refractivity contribution in [2.75, 3.05) is 19.6 Å². The molecular formula is C13H28N2. The highest BCUT2D eigenvalue weighted by Crippen LogP contribution is 2.26. The summed E-state index contributed by atoms with van der Waals surface area (Å²) in [6, 6.07) is 0.816. The predicted molar refractivity (Wildman–Crippen MR) is 67.0 cm³/mol. The van der Waals surface area contributed by atoms with Crippen LogP contribution in [-0.2, 0) is 0 Å². The molecule has 90 valence electrons. The van der Waals surface area contributed by atoms with E-state index in [1.165, 1.54) is 45.2 Å². The standard InChI is InChI=1S/C13H28N2/c1-4-12-8-6-7-9-15(12)11-13(3,5-2)10-14/h12H,4-11,14H2,1-3H3. The Kier molecular flexibility index (Phi) is 5.07. The van der Waals surface area contributed by atoms with Crippen molar-refractivity contribution >= 4 is 0 Å². The van der Waals surface area contributed by atoms with Crippen LogP contribution in [0.3, 0.4) is 0 Å². The SMILES string of the molecule is CCC1CCCCN1CC(C)(CC)CN. The third-order valence-electron chi connectivity index (χ3n) is 4.15. The molecule has 2 N–H and O–H groups in total. The molecule has 0 bridgehead atoms. The average Bonchev–Trinajstić information content (AvgIpc) is 2.29. The van der Waals surface area contributed by atoms with E-state index in [4.69, 9.17) is 5.73 Å². The second-order valence-corrected chi connectivity index (χ2v) is 5.40. The lowest BCUT2D eigenvalue weighted by Gasteiger charge is -2.41. The van der Waals surface area contributed by atoms with E-state index >= 15 is 0 Å². The molecule has 0 aromatic heterocycles. The van der Waals surface area contributed by atoms with Gasteiger partial charge in [-0.25, -0.2) is 0 Å². The summed E-state index contributed by atoms with van der Waals surface area (Å²) in [4.78, 5) is 2.68. The number of rotatable bonds is 5. The smallest absolute Gasteiger partial charge is 0.00928 e. The maximum Gasteiger partial charge on any atom is 0.00928 e. The molecular weight excluding hydrogens is 184 g/mol. The number of nitrogens with two attached hydrogens (primary N) is 1. The van der Waals surface area contributed by atoms with Gasteiger partial charge in [0.2, 0.25) is 0 Å². The van der Waals surface area contributed by atoms with Crippen LogP contribution in [0.2, 0.25) is 0 Å². The molecule has 0 saturated carbocycles. The summed E-state index contributed by atoms with van der Waals surface area (Å²) < 4.78 is 0. The quantitative estimate of drug-likeness (QED) is 0.759. The first-order chi connectivity index (χ1) is 7.15. The Labute approximate surface area is 95.2 Å². The molecule has 2 unspecified atom stereocenters. The van der Waals surface area contributed by atoms with Crippen molar-refractivity contribution in [3.63, 3.8) is 0 Å². The number of nitrogens with zero attached hydrogens (tertiary/aromatic N) is 1. The Morgan fingerprint density at radius 3 is 2.60 bits per heavy atom. The van der Waals surface area contributed by atoms with Gasteiger partial charge in [0.1, 0.15) is 0 Å². The first-order valence-corrected chi connectivity index (χ1v) is 6.59. The molecule has 1 aliphatic rings. The monoisotopic (exact) mass is 212 g/mol. The highest BCUT2D eigenvalue weighted by Gasteiger charge is 2.28. The third-order valence-corrected chi connectivity index (χ3v) is 4.15. The molecule has 15 heavy (non-hydrogen) atoms. The first-order valence-electron chi connectivity index (χ1n) is 6.59. The van der Waals surface area contributed by atoms with Gasteiger partial charge in [-0.3, -0.25) is 4.90 Å². The normalized spacial score (nSPS) is 27.6. The van der Waals surface area contributed by atoms with Crippen molar-refractivity contribution in [3.8, 4) is 0 Å². The van der Waals surface area contributed by atoms with Crippen LogP contribution < -0.4 is 5.73 Å². The van der Waals surface area contributed by atoms with Crippen LogP contribution in [0.1, 0.15) is 52.9 Å². The van der Waals surface area contributed by atoms with E-state index in [0.717, 1.165) is 12.6 Å². The zero-order valence-electron chi connectivity index (χ0n) is 10.8. The van der Waals surface area contributed by atoms with Crippen molar-refractivity contribution in [2.45, 2.75) is 58.9 Å². The lowest BCUT2D eigenvalue weighted by Crippen LogP contribution is -2.47. The molecule has 2 nitrogen and oxygen atoms in total. The second-order valence-electron chi connectivity index (χ2n) is 5.40. The van der Waals surface area contributed by atoms with Crippen molar-refractivity contribution in [3.05, 3.63) is 0 Å². The molecule has 1 fully saturated rings. The van der Waals surface area contributed by atoms with E-state index in [0.29, 0.717) is 5.41 Å². The summed E-state index contributed by atoms with van der Waals surface area (Å²) in [6.45, 7) is 10.2. The molecule has 1 saturated heterocycles. The van der Waals surface area contributed by atoms with Gasteiger partial charge in [-0.15, -0.1) is 0 Å². The molecule has 1 rings (SSSR count). The fourth-order valence-electron chi connectivity index (χ4n) is 2.54. The minimum atomic E-state index is 0.324. The molecule has 1 heterocycles. The van der Waals surface area contributed by atoms with Crippen LogP contribution in [0.4, 0.5) is 0 Å². The topological polar surface area (TPSA) is 29.3 Å². The Morgan fingerprint density at radius 1 is 1.33 bits per heavy atom. The van der Waals surface area contributed by atoms with Crippen LogP contribution >= 0.6 is 0 Å². The number of likely N-dealkylation sites (tertiary alicyclic amines) is 1. The molecule has 0 aliphatic carbocycles. The molecule has 0 aromatic rings. The molecule has 2 atom stereocenters. The van der Waals surface area contributed by atoms with E-state index in [1.54, 1.807) is 0 Å². The summed E-state index contributed by atoms with van der Waals surface area (Å²) in [5, 5.41) is 0. The van der Waals surface area contributed by atoms with Crippen LogP contribution in [-0.4, -0.2) is 30.6 Å². The van der Waals surface area contributed by atoms with E-state index in [1.807, 2.05) is 0 Å². The molecule has 0 radical (unpaired) electrons. The van der Waals surface area contributed by atoms with Gasteiger partial charge >= 0.3 is 0 Å². The summed E-state index contributed by atoms with van der Waals surface area (Å²) in [5.74, 6) is 0. The Hall–Kier alpha value is -0.0800. The number of hydrogen-bond donors (Lipinski definition) is 1. The maximum atomic E-state index is 5.89. The third kappa shape index (κ3) is 3.46. The molecule has 2 heteroatoms. The van der Waals surface area contributed by atoms with Crippen LogP contribution in [0.15, 0.2) is 0 Å². The van der Waals surface area contributed by atoms with E-state index in [-0.39, 0.29) is 0 Å².